The van der Waals surface area contributed by atoms with E-state index in [1.165, 1.54) is 24.1 Å². The van der Waals surface area contributed by atoms with E-state index in [0.29, 0.717) is 5.56 Å². The number of rotatable bonds is 5. The lowest BCUT2D eigenvalue weighted by molar-refractivity contribution is -0.140. The molecule has 2 aromatic carbocycles. The first-order valence-electron chi connectivity index (χ1n) is 10.6. The number of aromatic nitrogens is 2. The molecule has 1 unspecified atom stereocenters. The van der Waals surface area contributed by atoms with E-state index < -0.39 is 29.3 Å². The van der Waals surface area contributed by atoms with Gasteiger partial charge < -0.3 is 19.7 Å². The Hall–Kier alpha value is -4.46. The van der Waals surface area contributed by atoms with Gasteiger partial charge in [0.1, 0.15) is 17.3 Å². The number of hydrogen-bond acceptors (Lipinski definition) is 5. The van der Waals surface area contributed by atoms with Crippen LogP contribution in [0.2, 0.25) is 0 Å². The number of aliphatic hydroxyl groups is 1. The molecule has 2 N–H and O–H groups in total. The molecule has 2 aromatic heterocycles. The van der Waals surface area contributed by atoms with Gasteiger partial charge in [-0.1, -0.05) is 24.3 Å². The van der Waals surface area contributed by atoms with Gasteiger partial charge in [-0.2, -0.15) is 0 Å². The van der Waals surface area contributed by atoms with E-state index in [1.807, 2.05) is 24.3 Å². The number of fused-ring (bicyclic) bond motifs is 1. The number of carbonyl (C=O) groups excluding carboxylic acids is 2. The summed E-state index contributed by atoms with van der Waals surface area (Å²) in [6.45, 7) is 0.0969. The van der Waals surface area contributed by atoms with Gasteiger partial charge in [0.05, 0.1) is 24.3 Å². The van der Waals surface area contributed by atoms with E-state index >= 15 is 0 Å². The van der Waals surface area contributed by atoms with E-state index in [9.17, 15) is 19.1 Å². The van der Waals surface area contributed by atoms with Crippen molar-refractivity contribution in [3.8, 4) is 5.75 Å². The van der Waals surface area contributed by atoms with Crippen LogP contribution >= 0.6 is 0 Å². The maximum Gasteiger partial charge on any atom is 0.295 e. The lowest BCUT2D eigenvalue weighted by atomic mass is 9.94. The van der Waals surface area contributed by atoms with Crippen LogP contribution in [0.5, 0.6) is 5.75 Å². The summed E-state index contributed by atoms with van der Waals surface area (Å²) in [7, 11) is 1.38. The summed E-state index contributed by atoms with van der Waals surface area (Å²) in [6, 6.07) is 13.7. The molecule has 5 rings (SSSR count). The molecule has 0 saturated carbocycles. The maximum absolute atomic E-state index is 14.1. The minimum atomic E-state index is -0.913. The number of aliphatic hydroxyl groups excluding tert-OH is 1. The van der Waals surface area contributed by atoms with Gasteiger partial charge in [0.2, 0.25) is 0 Å². The van der Waals surface area contributed by atoms with Crippen LogP contribution in [0.1, 0.15) is 22.7 Å². The number of ether oxygens (including phenoxy) is 1. The van der Waals surface area contributed by atoms with Crippen LogP contribution in [0.25, 0.3) is 16.7 Å². The Morgan fingerprint density at radius 2 is 2.00 bits per heavy atom. The maximum atomic E-state index is 14.1. The minimum Gasteiger partial charge on any atom is -0.507 e. The highest BCUT2D eigenvalue weighted by atomic mass is 19.1. The second-order valence-corrected chi connectivity index (χ2v) is 7.92. The molecule has 1 atom stereocenters. The lowest BCUT2D eigenvalue weighted by Crippen LogP contribution is -2.29. The molecule has 4 aromatic rings. The standard InChI is InChI=1S/C26H20FN3O4/c1-34-21-9-8-16(27)11-18(21)24(31)22-23(19-13-29-20-7-3-2-6-17(19)20)30(26(33)25(22)32)14-15-5-4-10-28-12-15/h2-13,23,29,31H,14H2,1H3/b24-22+. The van der Waals surface area contributed by atoms with Crippen LogP contribution in [0, 0.1) is 5.82 Å². The van der Waals surface area contributed by atoms with Gasteiger partial charge in [-0.25, -0.2) is 4.39 Å². The molecule has 0 spiro atoms. The fourth-order valence-electron chi connectivity index (χ4n) is 4.39. The SMILES string of the molecule is COc1ccc(F)cc1/C(O)=C1\C(=O)C(=O)N(Cc2cccnc2)C1c1c[nH]c2ccccc12. The number of benzene rings is 2. The molecule has 1 aliphatic rings. The first kappa shape index (κ1) is 21.4. The quantitative estimate of drug-likeness (QED) is 0.264. The van der Waals surface area contributed by atoms with Crippen LogP contribution < -0.4 is 4.74 Å². The molecule has 1 saturated heterocycles. The van der Waals surface area contributed by atoms with E-state index in [0.717, 1.165) is 22.5 Å². The number of likely N-dealkylation sites (tertiary alicyclic amines) is 1. The number of nitrogens with zero attached hydrogens (tertiary/aromatic N) is 2. The Bertz CT molecular complexity index is 1440. The highest BCUT2D eigenvalue weighted by Crippen LogP contribution is 2.43. The average molecular weight is 457 g/mol. The van der Waals surface area contributed by atoms with E-state index in [2.05, 4.69) is 9.97 Å². The summed E-state index contributed by atoms with van der Waals surface area (Å²) in [5, 5.41) is 12.1. The predicted molar refractivity (Wildman–Crippen MR) is 123 cm³/mol. The third-order valence-electron chi connectivity index (χ3n) is 5.95. The fraction of sp³-hybridized carbons (Fsp3) is 0.115. The number of para-hydroxylation sites is 1. The Kier molecular flexibility index (Phi) is 5.33. The zero-order chi connectivity index (χ0) is 23.8. The zero-order valence-electron chi connectivity index (χ0n) is 18.2. The number of methoxy groups -OCH3 is 1. The number of ketones is 1. The lowest BCUT2D eigenvalue weighted by Gasteiger charge is -2.25. The van der Waals surface area contributed by atoms with Crippen LogP contribution in [-0.4, -0.2) is 38.8 Å². The summed E-state index contributed by atoms with van der Waals surface area (Å²) in [5.74, 6) is -2.57. The summed E-state index contributed by atoms with van der Waals surface area (Å²) >= 11 is 0. The van der Waals surface area contributed by atoms with Gasteiger partial charge in [0, 0.05) is 41.6 Å². The summed E-state index contributed by atoms with van der Waals surface area (Å²) < 4.78 is 19.4. The van der Waals surface area contributed by atoms with Crippen LogP contribution in [0.15, 0.2) is 78.8 Å². The van der Waals surface area contributed by atoms with Crippen molar-refractivity contribution in [2.24, 2.45) is 0 Å². The van der Waals surface area contributed by atoms with E-state index in [1.54, 1.807) is 30.7 Å². The molecule has 0 bridgehead atoms. The fourth-order valence-corrected chi connectivity index (χ4v) is 4.39. The predicted octanol–water partition coefficient (Wildman–Crippen LogP) is 4.33. The first-order valence-corrected chi connectivity index (χ1v) is 10.6. The number of amides is 1. The third-order valence-corrected chi connectivity index (χ3v) is 5.95. The summed E-state index contributed by atoms with van der Waals surface area (Å²) in [5.41, 5.74) is 2.02. The van der Waals surface area contributed by atoms with Gasteiger partial charge >= 0.3 is 0 Å². The molecule has 0 aliphatic carbocycles. The Morgan fingerprint density at radius 3 is 2.76 bits per heavy atom. The number of hydrogen-bond donors (Lipinski definition) is 2. The zero-order valence-corrected chi connectivity index (χ0v) is 18.2. The highest BCUT2D eigenvalue weighted by molar-refractivity contribution is 6.46. The topological polar surface area (TPSA) is 95.5 Å². The Labute approximate surface area is 194 Å². The molecule has 7 nitrogen and oxygen atoms in total. The highest BCUT2D eigenvalue weighted by Gasteiger charge is 2.47. The molecular formula is C26H20FN3O4. The van der Waals surface area contributed by atoms with Gasteiger partial charge in [0.15, 0.2) is 0 Å². The number of carbonyl (C=O) groups is 2. The van der Waals surface area contributed by atoms with Crippen molar-refractivity contribution in [2.75, 3.05) is 7.11 Å². The number of aromatic amines is 1. The molecule has 1 fully saturated rings. The summed E-state index contributed by atoms with van der Waals surface area (Å²) in [4.78, 5) is 35.1. The van der Waals surface area contributed by atoms with Crippen molar-refractivity contribution < 1.29 is 23.8 Å². The molecule has 8 heteroatoms. The smallest absolute Gasteiger partial charge is 0.295 e. The first-order chi connectivity index (χ1) is 16.5. The molecule has 34 heavy (non-hydrogen) atoms. The van der Waals surface area contributed by atoms with Crippen LogP contribution in [0.3, 0.4) is 0 Å². The largest absolute Gasteiger partial charge is 0.507 e. The minimum absolute atomic E-state index is 0.00767. The van der Waals surface area contributed by atoms with Crippen molar-refractivity contribution in [1.29, 1.82) is 0 Å². The van der Waals surface area contributed by atoms with Gasteiger partial charge in [-0.3, -0.25) is 14.6 Å². The Morgan fingerprint density at radius 1 is 1.18 bits per heavy atom. The van der Waals surface area contributed by atoms with Crippen molar-refractivity contribution in [3.05, 3.63) is 101 Å². The van der Waals surface area contributed by atoms with Crippen LogP contribution in [0.4, 0.5) is 4.39 Å². The van der Waals surface area contributed by atoms with Crippen molar-refractivity contribution >= 4 is 28.4 Å². The molecule has 170 valence electrons. The number of H-pyrrole nitrogens is 1. The molecule has 0 radical (unpaired) electrons. The summed E-state index contributed by atoms with van der Waals surface area (Å²) in [6.07, 6.45) is 4.94. The number of pyridine rings is 1. The van der Waals surface area contributed by atoms with E-state index in [4.69, 9.17) is 4.74 Å². The number of nitrogens with one attached hydrogen (secondary N) is 1. The average Bonchev–Trinajstić information content (AvgIpc) is 3.38. The normalized spacial score (nSPS) is 17.5. The number of halogens is 1. The second-order valence-electron chi connectivity index (χ2n) is 7.92. The second kappa shape index (κ2) is 8.47. The molecule has 1 amide bonds. The van der Waals surface area contributed by atoms with E-state index in [-0.39, 0.29) is 23.4 Å². The number of Topliss-reactive ketones (excluding diaryl/α,β-unsaturated/α-hetero) is 1. The van der Waals surface area contributed by atoms with Crippen molar-refractivity contribution in [1.82, 2.24) is 14.9 Å². The molecular weight excluding hydrogens is 437 g/mol. The van der Waals surface area contributed by atoms with Gasteiger partial charge in [-0.15, -0.1) is 0 Å². The van der Waals surface area contributed by atoms with Crippen molar-refractivity contribution in [3.63, 3.8) is 0 Å². The van der Waals surface area contributed by atoms with Gasteiger partial charge in [0.25, 0.3) is 11.7 Å². The molecule has 1 aliphatic heterocycles. The molecule has 3 heterocycles. The monoisotopic (exact) mass is 457 g/mol. The third kappa shape index (κ3) is 3.49. The Balaban J connectivity index is 1.74. The van der Waals surface area contributed by atoms with Crippen LogP contribution in [-0.2, 0) is 16.1 Å². The van der Waals surface area contributed by atoms with Crippen molar-refractivity contribution in [2.45, 2.75) is 12.6 Å². The van der Waals surface area contributed by atoms with Gasteiger partial charge in [-0.05, 0) is 35.9 Å².